The van der Waals surface area contributed by atoms with E-state index in [1.807, 2.05) is 18.2 Å². The molecule has 0 bridgehead atoms. The molecule has 2 aromatic heterocycles. The standard InChI is InChI=1S/C43H27N3/c44-28-29-12-11-13-30(26-29)33-25-24-31(27-43(33)46-41-22-9-4-17-36(41)37-18-5-10-23-42(37)46)32-14-1-6-19-38(32)45-39-20-7-2-15-34(39)35-16-3-8-21-40(35)45/h1-27H. The average molecular weight is 586 g/mol. The number of rotatable bonds is 4. The van der Waals surface area contributed by atoms with Gasteiger partial charge in [-0.3, -0.25) is 0 Å². The molecule has 2 heterocycles. The number of hydrogen-bond acceptors (Lipinski definition) is 1. The second kappa shape index (κ2) is 10.4. The minimum absolute atomic E-state index is 0.645. The summed E-state index contributed by atoms with van der Waals surface area (Å²) in [7, 11) is 0. The van der Waals surface area contributed by atoms with E-state index in [4.69, 9.17) is 0 Å². The highest BCUT2D eigenvalue weighted by atomic mass is 15.0. The largest absolute Gasteiger partial charge is 0.309 e. The summed E-state index contributed by atoms with van der Waals surface area (Å²) in [6.45, 7) is 0. The zero-order valence-corrected chi connectivity index (χ0v) is 24.9. The van der Waals surface area contributed by atoms with Crippen LogP contribution in [0, 0.1) is 11.3 Å². The molecule has 0 unspecified atom stereocenters. The normalized spacial score (nSPS) is 11.5. The quantitative estimate of drug-likeness (QED) is 0.202. The fourth-order valence-corrected chi connectivity index (χ4v) is 7.16. The molecule has 3 heteroatoms. The lowest BCUT2D eigenvalue weighted by atomic mass is 9.96. The number of nitrogens with zero attached hydrogens (tertiary/aromatic N) is 3. The van der Waals surface area contributed by atoms with Gasteiger partial charge in [-0.1, -0.05) is 115 Å². The van der Waals surface area contributed by atoms with Crippen LogP contribution in [-0.4, -0.2) is 9.13 Å². The summed E-state index contributed by atoms with van der Waals surface area (Å²) >= 11 is 0. The van der Waals surface area contributed by atoms with Gasteiger partial charge in [-0.15, -0.1) is 0 Å². The summed E-state index contributed by atoms with van der Waals surface area (Å²) < 4.78 is 4.77. The molecule has 214 valence electrons. The van der Waals surface area contributed by atoms with Crippen LogP contribution in [0.5, 0.6) is 0 Å². The first-order chi connectivity index (χ1) is 22.8. The van der Waals surface area contributed by atoms with Crippen molar-refractivity contribution >= 4 is 43.6 Å². The molecule has 9 aromatic rings. The number of aromatic nitrogens is 2. The van der Waals surface area contributed by atoms with Gasteiger partial charge in [-0.05, 0) is 59.7 Å². The molecule has 46 heavy (non-hydrogen) atoms. The van der Waals surface area contributed by atoms with Crippen molar-refractivity contribution in [3.05, 3.63) is 169 Å². The third-order valence-corrected chi connectivity index (χ3v) is 9.16. The number of nitriles is 1. The van der Waals surface area contributed by atoms with Gasteiger partial charge in [0.25, 0.3) is 0 Å². The molecular weight excluding hydrogens is 558 g/mol. The molecule has 0 saturated heterocycles. The van der Waals surface area contributed by atoms with Crippen LogP contribution in [0.2, 0.25) is 0 Å². The molecule has 3 nitrogen and oxygen atoms in total. The SMILES string of the molecule is N#Cc1cccc(-c2ccc(-c3ccccc3-n3c4ccccc4c4ccccc43)cc2-n2c3ccccc3c3ccccc32)c1. The van der Waals surface area contributed by atoms with Crippen LogP contribution in [0.1, 0.15) is 5.56 Å². The Morgan fingerprint density at radius 3 is 1.39 bits per heavy atom. The van der Waals surface area contributed by atoms with Crippen LogP contribution in [0.3, 0.4) is 0 Å². The molecule has 0 amide bonds. The molecular formula is C43H27N3. The lowest BCUT2D eigenvalue weighted by Crippen LogP contribution is -2.00. The Balaban J connectivity index is 1.36. The molecule has 0 saturated carbocycles. The topological polar surface area (TPSA) is 33.6 Å². The molecule has 0 fully saturated rings. The first-order valence-corrected chi connectivity index (χ1v) is 15.5. The summed E-state index contributed by atoms with van der Waals surface area (Å²) in [6.07, 6.45) is 0. The van der Waals surface area contributed by atoms with Crippen LogP contribution >= 0.6 is 0 Å². The van der Waals surface area contributed by atoms with Gasteiger partial charge < -0.3 is 9.13 Å². The van der Waals surface area contributed by atoms with E-state index in [0.717, 1.165) is 44.7 Å². The Labute approximate surface area is 266 Å². The third kappa shape index (κ3) is 3.91. The van der Waals surface area contributed by atoms with E-state index in [1.165, 1.54) is 32.6 Å². The molecule has 0 spiro atoms. The minimum atomic E-state index is 0.645. The van der Waals surface area contributed by atoms with Crippen molar-refractivity contribution in [2.24, 2.45) is 0 Å². The lowest BCUT2D eigenvalue weighted by Gasteiger charge is -2.18. The van der Waals surface area contributed by atoms with Crippen molar-refractivity contribution in [1.82, 2.24) is 9.13 Å². The molecule has 0 aliphatic rings. The van der Waals surface area contributed by atoms with Crippen molar-refractivity contribution in [3.63, 3.8) is 0 Å². The predicted octanol–water partition coefficient (Wildman–Crippen LogP) is 11.1. The second-order valence-corrected chi connectivity index (χ2v) is 11.7. The van der Waals surface area contributed by atoms with Crippen LogP contribution in [0.25, 0.3) is 77.2 Å². The Bertz CT molecular complexity index is 2560. The number of hydrogen-bond donors (Lipinski definition) is 0. The van der Waals surface area contributed by atoms with E-state index in [2.05, 4.69) is 161 Å². The van der Waals surface area contributed by atoms with Gasteiger partial charge in [0.15, 0.2) is 0 Å². The number of para-hydroxylation sites is 5. The van der Waals surface area contributed by atoms with Crippen molar-refractivity contribution < 1.29 is 0 Å². The van der Waals surface area contributed by atoms with Gasteiger partial charge in [0.2, 0.25) is 0 Å². The van der Waals surface area contributed by atoms with Crippen LogP contribution < -0.4 is 0 Å². The van der Waals surface area contributed by atoms with Crippen LogP contribution in [0.15, 0.2) is 164 Å². The van der Waals surface area contributed by atoms with E-state index in [-0.39, 0.29) is 0 Å². The summed E-state index contributed by atoms with van der Waals surface area (Å²) in [5, 5.41) is 14.7. The maximum absolute atomic E-state index is 9.75. The fourth-order valence-electron chi connectivity index (χ4n) is 7.16. The van der Waals surface area contributed by atoms with Crippen molar-refractivity contribution in [2.75, 3.05) is 0 Å². The highest BCUT2D eigenvalue weighted by Gasteiger charge is 2.19. The van der Waals surface area contributed by atoms with Gasteiger partial charge in [0, 0.05) is 32.7 Å². The zero-order valence-electron chi connectivity index (χ0n) is 24.9. The Morgan fingerprint density at radius 1 is 0.370 bits per heavy atom. The Hall–Kier alpha value is -6.37. The summed E-state index contributed by atoms with van der Waals surface area (Å²) in [5.74, 6) is 0. The van der Waals surface area contributed by atoms with Gasteiger partial charge in [0.1, 0.15) is 0 Å². The molecule has 0 atom stereocenters. The highest BCUT2D eigenvalue weighted by molar-refractivity contribution is 6.11. The molecule has 0 N–H and O–H groups in total. The first-order valence-electron chi connectivity index (χ1n) is 15.5. The maximum atomic E-state index is 9.75. The monoisotopic (exact) mass is 585 g/mol. The van der Waals surface area contributed by atoms with E-state index in [0.29, 0.717) is 5.56 Å². The molecule has 0 radical (unpaired) electrons. The van der Waals surface area contributed by atoms with E-state index in [9.17, 15) is 5.26 Å². The first kappa shape index (κ1) is 26.1. The summed E-state index contributed by atoms with van der Waals surface area (Å²) in [6, 6.07) is 60.2. The maximum Gasteiger partial charge on any atom is 0.0991 e. The average Bonchev–Trinajstić information content (AvgIpc) is 3.64. The van der Waals surface area contributed by atoms with Crippen molar-refractivity contribution in [3.8, 4) is 39.7 Å². The zero-order chi connectivity index (χ0) is 30.6. The molecule has 0 aliphatic carbocycles. The molecule has 7 aromatic carbocycles. The Kier molecular flexibility index (Phi) is 5.88. The van der Waals surface area contributed by atoms with Crippen molar-refractivity contribution in [1.29, 1.82) is 5.26 Å². The second-order valence-electron chi connectivity index (χ2n) is 11.7. The van der Waals surface area contributed by atoms with Gasteiger partial charge in [-0.25, -0.2) is 0 Å². The summed E-state index contributed by atoms with van der Waals surface area (Å²) in [4.78, 5) is 0. The Morgan fingerprint density at radius 2 is 0.826 bits per heavy atom. The minimum Gasteiger partial charge on any atom is -0.309 e. The third-order valence-electron chi connectivity index (χ3n) is 9.16. The van der Waals surface area contributed by atoms with E-state index >= 15 is 0 Å². The highest BCUT2D eigenvalue weighted by Crippen LogP contribution is 2.41. The summed E-state index contributed by atoms with van der Waals surface area (Å²) in [5.41, 5.74) is 11.9. The van der Waals surface area contributed by atoms with Gasteiger partial charge in [0.05, 0.1) is 45.1 Å². The van der Waals surface area contributed by atoms with Crippen molar-refractivity contribution in [2.45, 2.75) is 0 Å². The number of benzene rings is 7. The van der Waals surface area contributed by atoms with Crippen LogP contribution in [0.4, 0.5) is 0 Å². The lowest BCUT2D eigenvalue weighted by molar-refractivity contribution is 1.17. The fraction of sp³-hybridized carbons (Fsp3) is 0. The van der Waals surface area contributed by atoms with Gasteiger partial charge in [-0.2, -0.15) is 5.26 Å². The van der Waals surface area contributed by atoms with E-state index in [1.54, 1.807) is 0 Å². The van der Waals surface area contributed by atoms with Crippen LogP contribution in [-0.2, 0) is 0 Å². The smallest absolute Gasteiger partial charge is 0.0991 e. The molecule has 0 aliphatic heterocycles. The number of fused-ring (bicyclic) bond motifs is 6. The molecule has 9 rings (SSSR count). The predicted molar refractivity (Wildman–Crippen MR) is 191 cm³/mol. The van der Waals surface area contributed by atoms with Gasteiger partial charge >= 0.3 is 0 Å². The van der Waals surface area contributed by atoms with E-state index < -0.39 is 0 Å².